The summed E-state index contributed by atoms with van der Waals surface area (Å²) in [6, 6.07) is 7.48. The third-order valence-corrected chi connectivity index (χ3v) is 3.32. The molecule has 1 saturated heterocycles. The molecule has 5 heteroatoms. The van der Waals surface area contributed by atoms with E-state index in [-0.39, 0.29) is 12.5 Å². The summed E-state index contributed by atoms with van der Waals surface area (Å²) in [5.74, 6) is 0.722. The molecule has 0 aromatic heterocycles. The number of ether oxygens (including phenoxy) is 1. The molecule has 1 aliphatic rings. The Hall–Kier alpha value is -2.01. The van der Waals surface area contributed by atoms with Gasteiger partial charge in [-0.25, -0.2) is 0 Å². The highest BCUT2D eigenvalue weighted by atomic mass is 16.5. The normalized spacial score (nSPS) is 15.8. The predicted molar refractivity (Wildman–Crippen MR) is 79.8 cm³/mol. The molecule has 20 heavy (non-hydrogen) atoms. The zero-order valence-corrected chi connectivity index (χ0v) is 11.8. The summed E-state index contributed by atoms with van der Waals surface area (Å²) < 4.78 is 5.56. The van der Waals surface area contributed by atoms with Crippen LogP contribution in [0.4, 0.5) is 5.69 Å². The lowest BCUT2D eigenvalue weighted by molar-refractivity contribution is -0.134. The number of nitrogens with zero attached hydrogens (tertiary/aromatic N) is 2. The molecule has 1 fully saturated rings. The smallest absolute Gasteiger partial charge is 0.260 e. The maximum Gasteiger partial charge on any atom is 0.260 e. The number of hydrogen-bond acceptors (Lipinski definition) is 4. The maximum atomic E-state index is 12.0. The number of carbonyl (C=O) groups is 1. The first-order valence-corrected chi connectivity index (χ1v) is 6.75. The average molecular weight is 275 g/mol. The van der Waals surface area contributed by atoms with Crippen LogP contribution in [-0.2, 0) is 4.79 Å². The number of anilines is 1. The standard InChI is InChI=1S/C15H21N3O2/c1-3-16-13-5-4-6-14(11-13)20-12-15(19)18-9-7-17(2)8-10-18/h3-6,11,16H,1,7-10,12H2,2H3. The van der Waals surface area contributed by atoms with Crippen molar-refractivity contribution in [2.45, 2.75) is 0 Å². The van der Waals surface area contributed by atoms with E-state index in [0.717, 1.165) is 31.9 Å². The Labute approximate surface area is 119 Å². The summed E-state index contributed by atoms with van der Waals surface area (Å²) in [6.07, 6.45) is 1.61. The van der Waals surface area contributed by atoms with Gasteiger partial charge in [0, 0.05) is 37.9 Å². The lowest BCUT2D eigenvalue weighted by Crippen LogP contribution is -2.48. The van der Waals surface area contributed by atoms with Gasteiger partial charge in [-0.2, -0.15) is 0 Å². The molecule has 108 valence electrons. The van der Waals surface area contributed by atoms with E-state index in [9.17, 15) is 4.79 Å². The molecular weight excluding hydrogens is 254 g/mol. The minimum Gasteiger partial charge on any atom is -0.484 e. The van der Waals surface area contributed by atoms with Crippen molar-refractivity contribution in [3.8, 4) is 5.75 Å². The van der Waals surface area contributed by atoms with Crippen LogP contribution in [0, 0.1) is 0 Å². The largest absolute Gasteiger partial charge is 0.484 e. The highest BCUT2D eigenvalue weighted by Crippen LogP contribution is 2.17. The SMILES string of the molecule is C=CNc1cccc(OCC(=O)N2CCN(C)CC2)c1. The zero-order chi connectivity index (χ0) is 14.4. The molecule has 5 nitrogen and oxygen atoms in total. The number of hydrogen-bond donors (Lipinski definition) is 1. The number of likely N-dealkylation sites (N-methyl/N-ethyl adjacent to an activating group) is 1. The van der Waals surface area contributed by atoms with Crippen LogP contribution < -0.4 is 10.1 Å². The first kappa shape index (κ1) is 14.4. The molecule has 1 heterocycles. The molecule has 0 saturated carbocycles. The van der Waals surface area contributed by atoms with Gasteiger partial charge < -0.3 is 19.9 Å². The lowest BCUT2D eigenvalue weighted by atomic mass is 10.3. The van der Waals surface area contributed by atoms with Crippen molar-refractivity contribution in [1.29, 1.82) is 0 Å². The molecule has 0 spiro atoms. The molecule has 1 amide bonds. The van der Waals surface area contributed by atoms with E-state index < -0.39 is 0 Å². The summed E-state index contributed by atoms with van der Waals surface area (Å²) in [7, 11) is 2.07. The minimum atomic E-state index is 0.0418. The third-order valence-electron chi connectivity index (χ3n) is 3.32. The van der Waals surface area contributed by atoms with Crippen molar-refractivity contribution < 1.29 is 9.53 Å². The maximum absolute atomic E-state index is 12.0. The first-order valence-electron chi connectivity index (χ1n) is 6.75. The Kier molecular flexibility index (Phi) is 5.01. The van der Waals surface area contributed by atoms with Gasteiger partial charge in [-0.05, 0) is 25.4 Å². The van der Waals surface area contributed by atoms with E-state index in [1.165, 1.54) is 0 Å². The average Bonchev–Trinajstić information content (AvgIpc) is 2.46. The zero-order valence-electron chi connectivity index (χ0n) is 11.8. The van der Waals surface area contributed by atoms with Crippen molar-refractivity contribution in [3.05, 3.63) is 37.0 Å². The van der Waals surface area contributed by atoms with Crippen molar-refractivity contribution in [2.24, 2.45) is 0 Å². The Morgan fingerprint density at radius 2 is 2.15 bits per heavy atom. The summed E-state index contributed by atoms with van der Waals surface area (Å²) in [5, 5.41) is 2.99. The van der Waals surface area contributed by atoms with Crippen molar-refractivity contribution in [1.82, 2.24) is 9.80 Å². The third kappa shape index (κ3) is 3.99. The highest BCUT2D eigenvalue weighted by molar-refractivity contribution is 5.78. The molecule has 1 aromatic carbocycles. The van der Waals surface area contributed by atoms with Crippen LogP contribution in [-0.4, -0.2) is 55.5 Å². The summed E-state index contributed by atoms with van der Waals surface area (Å²) >= 11 is 0. The number of amides is 1. The number of benzene rings is 1. The molecule has 0 atom stereocenters. The van der Waals surface area contributed by atoms with E-state index >= 15 is 0 Å². The number of piperazine rings is 1. The lowest BCUT2D eigenvalue weighted by Gasteiger charge is -2.32. The minimum absolute atomic E-state index is 0.0418. The van der Waals surface area contributed by atoms with Gasteiger partial charge in [-0.1, -0.05) is 12.6 Å². The molecule has 1 aliphatic heterocycles. The quantitative estimate of drug-likeness (QED) is 0.882. The van der Waals surface area contributed by atoms with E-state index in [4.69, 9.17) is 4.74 Å². The molecule has 1 N–H and O–H groups in total. The van der Waals surface area contributed by atoms with E-state index in [2.05, 4.69) is 23.8 Å². The number of nitrogens with one attached hydrogen (secondary N) is 1. The molecular formula is C15H21N3O2. The van der Waals surface area contributed by atoms with Gasteiger partial charge in [-0.15, -0.1) is 0 Å². The Balaban J connectivity index is 1.83. The molecule has 0 bridgehead atoms. The second-order valence-electron chi connectivity index (χ2n) is 4.85. The van der Waals surface area contributed by atoms with Crippen LogP contribution in [0.3, 0.4) is 0 Å². The van der Waals surface area contributed by atoms with Gasteiger partial charge in [0.2, 0.25) is 0 Å². The number of carbonyl (C=O) groups excluding carboxylic acids is 1. The second-order valence-corrected chi connectivity index (χ2v) is 4.85. The van der Waals surface area contributed by atoms with Crippen LogP contribution in [0.1, 0.15) is 0 Å². The predicted octanol–water partition coefficient (Wildman–Crippen LogP) is 1.39. The van der Waals surface area contributed by atoms with E-state index in [1.807, 2.05) is 29.2 Å². The number of rotatable bonds is 5. The Bertz CT molecular complexity index is 468. The Morgan fingerprint density at radius 3 is 2.85 bits per heavy atom. The summed E-state index contributed by atoms with van der Waals surface area (Å²) in [4.78, 5) is 16.1. The van der Waals surface area contributed by atoms with Gasteiger partial charge in [0.15, 0.2) is 6.61 Å². The van der Waals surface area contributed by atoms with Gasteiger partial charge in [-0.3, -0.25) is 4.79 Å². The van der Waals surface area contributed by atoms with Crippen LogP contribution in [0.15, 0.2) is 37.0 Å². The van der Waals surface area contributed by atoms with Gasteiger partial charge >= 0.3 is 0 Å². The summed E-state index contributed by atoms with van der Waals surface area (Å²) in [5.41, 5.74) is 0.893. The highest BCUT2D eigenvalue weighted by Gasteiger charge is 2.19. The fourth-order valence-corrected chi connectivity index (χ4v) is 2.09. The van der Waals surface area contributed by atoms with Gasteiger partial charge in [0.1, 0.15) is 5.75 Å². The summed E-state index contributed by atoms with van der Waals surface area (Å²) in [6.45, 7) is 7.09. The van der Waals surface area contributed by atoms with Gasteiger partial charge in [0.25, 0.3) is 5.91 Å². The molecule has 0 aliphatic carbocycles. The van der Waals surface area contributed by atoms with Crippen molar-refractivity contribution in [3.63, 3.8) is 0 Å². The fraction of sp³-hybridized carbons (Fsp3) is 0.400. The van der Waals surface area contributed by atoms with Crippen molar-refractivity contribution in [2.75, 3.05) is 45.2 Å². The molecule has 1 aromatic rings. The second kappa shape index (κ2) is 6.96. The monoisotopic (exact) mass is 275 g/mol. The van der Waals surface area contributed by atoms with Crippen LogP contribution in [0.5, 0.6) is 5.75 Å². The first-order chi connectivity index (χ1) is 9.69. The fourth-order valence-electron chi connectivity index (χ4n) is 2.09. The van der Waals surface area contributed by atoms with E-state index in [1.54, 1.807) is 6.20 Å². The Morgan fingerprint density at radius 1 is 1.40 bits per heavy atom. The van der Waals surface area contributed by atoms with Crippen molar-refractivity contribution >= 4 is 11.6 Å². The van der Waals surface area contributed by atoms with Crippen LogP contribution in [0.25, 0.3) is 0 Å². The van der Waals surface area contributed by atoms with Gasteiger partial charge in [0.05, 0.1) is 0 Å². The molecule has 0 radical (unpaired) electrons. The van der Waals surface area contributed by atoms with Crippen LogP contribution >= 0.6 is 0 Å². The van der Waals surface area contributed by atoms with Crippen LogP contribution in [0.2, 0.25) is 0 Å². The molecule has 0 unspecified atom stereocenters. The van der Waals surface area contributed by atoms with E-state index in [0.29, 0.717) is 5.75 Å². The molecule has 2 rings (SSSR count). The topological polar surface area (TPSA) is 44.8 Å².